The van der Waals surface area contributed by atoms with Crippen molar-refractivity contribution < 1.29 is 4.79 Å². The van der Waals surface area contributed by atoms with E-state index in [1.807, 2.05) is 18.2 Å². The molecule has 134 valence electrons. The minimum Gasteiger partial charge on any atom is -0.348 e. The van der Waals surface area contributed by atoms with Crippen LogP contribution in [0.5, 0.6) is 0 Å². The highest BCUT2D eigenvalue weighted by atomic mass is 32.1. The molecule has 7 heteroatoms. The fourth-order valence-corrected chi connectivity index (χ4v) is 4.50. The van der Waals surface area contributed by atoms with Gasteiger partial charge in [-0.25, -0.2) is 4.79 Å². The molecule has 0 fully saturated rings. The van der Waals surface area contributed by atoms with Gasteiger partial charge >= 0.3 is 5.69 Å². The summed E-state index contributed by atoms with van der Waals surface area (Å²) >= 11 is 1.29. The molecule has 1 aromatic carbocycles. The van der Waals surface area contributed by atoms with E-state index in [4.69, 9.17) is 0 Å². The second-order valence-corrected chi connectivity index (χ2v) is 7.33. The third kappa shape index (κ3) is 2.68. The van der Waals surface area contributed by atoms with E-state index in [1.165, 1.54) is 26.0 Å². The van der Waals surface area contributed by atoms with Crippen molar-refractivity contribution in [1.29, 1.82) is 0 Å². The molecule has 1 atom stereocenters. The van der Waals surface area contributed by atoms with Crippen LogP contribution in [0.25, 0.3) is 10.2 Å². The highest BCUT2D eigenvalue weighted by molar-refractivity contribution is 7.17. The summed E-state index contributed by atoms with van der Waals surface area (Å²) in [5.41, 5.74) is 2.20. The molecular weight excluding hydrogens is 350 g/mol. The van der Waals surface area contributed by atoms with Crippen molar-refractivity contribution in [2.45, 2.75) is 38.9 Å². The van der Waals surface area contributed by atoms with Crippen LogP contribution in [0.15, 0.2) is 45.3 Å². The summed E-state index contributed by atoms with van der Waals surface area (Å²) in [6.45, 7) is 1.94. The van der Waals surface area contributed by atoms with Crippen LogP contribution >= 0.6 is 11.3 Å². The highest BCUT2D eigenvalue weighted by Crippen LogP contribution is 2.30. The van der Waals surface area contributed by atoms with Crippen molar-refractivity contribution in [3.8, 4) is 0 Å². The molecule has 0 saturated carbocycles. The van der Waals surface area contributed by atoms with Gasteiger partial charge in [0.05, 0.1) is 11.6 Å². The number of hydrogen-bond donors (Lipinski definition) is 1. The number of hydrogen-bond acceptors (Lipinski definition) is 4. The van der Waals surface area contributed by atoms with Crippen LogP contribution in [0.1, 0.15) is 30.5 Å². The van der Waals surface area contributed by atoms with Gasteiger partial charge in [0.25, 0.3) is 5.56 Å². The number of fused-ring (bicyclic) bond motifs is 2. The molecule has 6 nitrogen and oxygen atoms in total. The van der Waals surface area contributed by atoms with Crippen molar-refractivity contribution in [2.24, 2.45) is 0 Å². The molecule has 0 unspecified atom stereocenters. The van der Waals surface area contributed by atoms with E-state index in [0.717, 1.165) is 18.4 Å². The maximum atomic E-state index is 12.7. The average molecular weight is 369 g/mol. The zero-order chi connectivity index (χ0) is 18.3. The lowest BCUT2D eigenvalue weighted by Gasteiger charge is -2.16. The minimum absolute atomic E-state index is 0.0237. The summed E-state index contributed by atoms with van der Waals surface area (Å²) in [6, 6.07) is 9.79. The molecule has 2 aromatic heterocycles. The van der Waals surface area contributed by atoms with Crippen LogP contribution in [0, 0.1) is 0 Å². The van der Waals surface area contributed by atoms with E-state index in [0.29, 0.717) is 10.2 Å². The Morgan fingerprint density at radius 3 is 2.85 bits per heavy atom. The predicted octanol–water partition coefficient (Wildman–Crippen LogP) is 2.05. The molecule has 0 radical (unpaired) electrons. The lowest BCUT2D eigenvalue weighted by Crippen LogP contribution is -2.42. The first kappa shape index (κ1) is 16.8. The Morgan fingerprint density at radius 1 is 1.23 bits per heavy atom. The smallest absolute Gasteiger partial charge is 0.331 e. The summed E-state index contributed by atoms with van der Waals surface area (Å²) < 4.78 is 3.08. The van der Waals surface area contributed by atoms with Gasteiger partial charge in [0, 0.05) is 6.54 Å². The molecule has 1 amide bonds. The van der Waals surface area contributed by atoms with Gasteiger partial charge in [-0.3, -0.25) is 18.7 Å². The van der Waals surface area contributed by atoms with Gasteiger partial charge in [-0.05, 0) is 42.3 Å². The number of amides is 1. The van der Waals surface area contributed by atoms with Gasteiger partial charge < -0.3 is 5.32 Å². The van der Waals surface area contributed by atoms with Crippen LogP contribution in [-0.4, -0.2) is 15.0 Å². The Bertz CT molecular complexity index is 1110. The average Bonchev–Trinajstić information content (AvgIpc) is 3.27. The molecule has 4 rings (SSSR count). The Balaban J connectivity index is 1.64. The minimum atomic E-state index is -0.439. The zero-order valence-electron chi connectivity index (χ0n) is 14.4. The van der Waals surface area contributed by atoms with Crippen LogP contribution in [-0.2, 0) is 24.3 Å². The summed E-state index contributed by atoms with van der Waals surface area (Å²) in [5, 5.41) is 4.81. The first-order valence-corrected chi connectivity index (χ1v) is 9.56. The van der Waals surface area contributed by atoms with Crippen molar-refractivity contribution in [3.63, 3.8) is 0 Å². The second kappa shape index (κ2) is 6.57. The summed E-state index contributed by atoms with van der Waals surface area (Å²) in [4.78, 5) is 37.6. The second-order valence-electron chi connectivity index (χ2n) is 6.41. The molecule has 1 aliphatic rings. The van der Waals surface area contributed by atoms with Gasteiger partial charge in [-0.2, -0.15) is 0 Å². The zero-order valence-corrected chi connectivity index (χ0v) is 15.2. The molecule has 26 heavy (non-hydrogen) atoms. The number of carbonyl (C=O) groups is 1. The van der Waals surface area contributed by atoms with E-state index in [2.05, 4.69) is 11.4 Å². The van der Waals surface area contributed by atoms with E-state index in [-0.39, 0.29) is 30.6 Å². The van der Waals surface area contributed by atoms with E-state index in [1.54, 1.807) is 18.4 Å². The summed E-state index contributed by atoms with van der Waals surface area (Å²) in [5.74, 6) is -0.220. The van der Waals surface area contributed by atoms with Gasteiger partial charge in [0.2, 0.25) is 5.91 Å². The first-order chi connectivity index (χ1) is 12.6. The Kier molecular flexibility index (Phi) is 4.24. The van der Waals surface area contributed by atoms with Crippen LogP contribution in [0.3, 0.4) is 0 Å². The van der Waals surface area contributed by atoms with E-state index >= 15 is 0 Å². The molecule has 1 aliphatic carbocycles. The monoisotopic (exact) mass is 369 g/mol. The van der Waals surface area contributed by atoms with Gasteiger partial charge in [-0.1, -0.05) is 24.3 Å². The van der Waals surface area contributed by atoms with E-state index in [9.17, 15) is 14.4 Å². The van der Waals surface area contributed by atoms with Gasteiger partial charge in [0.15, 0.2) is 0 Å². The fourth-order valence-electron chi connectivity index (χ4n) is 3.66. The molecule has 2 heterocycles. The molecule has 3 aromatic rings. The number of rotatable bonds is 4. The van der Waals surface area contributed by atoms with E-state index < -0.39 is 5.69 Å². The normalized spacial score (nSPS) is 16.0. The molecular formula is C19H19N3O3S. The molecule has 0 saturated heterocycles. The SMILES string of the molecule is CCn1c(=O)c2sccc2n(CC(=O)N[C@@H]2CCc3ccccc32)c1=O. The van der Waals surface area contributed by atoms with Crippen LogP contribution in [0.4, 0.5) is 0 Å². The Labute approximate surface area is 153 Å². The standard InChI is InChI=1S/C19H19N3O3S/c1-2-21-18(24)17-15(9-10-26-17)22(19(21)25)11-16(23)20-14-8-7-12-5-3-4-6-13(12)14/h3-6,9-10,14H,2,7-8,11H2,1H3,(H,20,23)/t14-/m1/s1. The number of aromatic nitrogens is 2. The third-order valence-electron chi connectivity index (χ3n) is 4.92. The predicted molar refractivity (Wildman–Crippen MR) is 102 cm³/mol. The maximum absolute atomic E-state index is 12.7. The largest absolute Gasteiger partial charge is 0.348 e. The number of benzene rings is 1. The van der Waals surface area contributed by atoms with Crippen LogP contribution in [0.2, 0.25) is 0 Å². The summed E-state index contributed by atoms with van der Waals surface area (Å²) in [7, 11) is 0. The van der Waals surface area contributed by atoms with Gasteiger partial charge in [0.1, 0.15) is 11.2 Å². The molecule has 0 aliphatic heterocycles. The highest BCUT2D eigenvalue weighted by Gasteiger charge is 2.24. The van der Waals surface area contributed by atoms with Crippen molar-refractivity contribution in [3.05, 3.63) is 67.7 Å². The summed E-state index contributed by atoms with van der Waals surface area (Å²) in [6.07, 6.45) is 1.80. The maximum Gasteiger partial charge on any atom is 0.331 e. The first-order valence-electron chi connectivity index (χ1n) is 8.68. The van der Waals surface area contributed by atoms with Crippen molar-refractivity contribution in [2.75, 3.05) is 0 Å². The number of carbonyl (C=O) groups excluding carboxylic acids is 1. The molecule has 0 spiro atoms. The lowest BCUT2D eigenvalue weighted by atomic mass is 10.1. The number of thiophene rings is 1. The quantitative estimate of drug-likeness (QED) is 0.765. The van der Waals surface area contributed by atoms with Crippen molar-refractivity contribution in [1.82, 2.24) is 14.5 Å². The van der Waals surface area contributed by atoms with Crippen LogP contribution < -0.4 is 16.6 Å². The lowest BCUT2D eigenvalue weighted by molar-refractivity contribution is -0.122. The molecule has 0 bridgehead atoms. The number of nitrogens with zero attached hydrogens (tertiary/aromatic N) is 2. The molecule has 1 N–H and O–H groups in total. The Hall–Kier alpha value is -2.67. The topological polar surface area (TPSA) is 73.1 Å². The van der Waals surface area contributed by atoms with Gasteiger partial charge in [-0.15, -0.1) is 11.3 Å². The number of nitrogens with one attached hydrogen (secondary N) is 1. The third-order valence-corrected chi connectivity index (χ3v) is 5.81. The Morgan fingerprint density at radius 2 is 2.04 bits per heavy atom. The number of aryl methyl sites for hydroxylation is 1. The van der Waals surface area contributed by atoms with Crippen molar-refractivity contribution >= 4 is 27.5 Å². The fraction of sp³-hybridized carbons (Fsp3) is 0.316.